The van der Waals surface area contributed by atoms with Crippen LogP contribution in [-0.2, 0) is 0 Å². The van der Waals surface area contributed by atoms with Gasteiger partial charge < -0.3 is 10.2 Å². The van der Waals surface area contributed by atoms with Gasteiger partial charge in [-0.05, 0) is 70.0 Å². The van der Waals surface area contributed by atoms with Gasteiger partial charge in [0.2, 0.25) is 0 Å². The summed E-state index contributed by atoms with van der Waals surface area (Å²) in [5, 5.41) is 3.55. The molecule has 1 N–H and O–H groups in total. The second-order valence-electron chi connectivity index (χ2n) is 7.02. The van der Waals surface area contributed by atoms with Crippen molar-refractivity contribution in [3.8, 4) is 0 Å². The van der Waals surface area contributed by atoms with E-state index in [-0.39, 0.29) is 0 Å². The summed E-state index contributed by atoms with van der Waals surface area (Å²) in [4.78, 5) is 2.73. The first-order chi connectivity index (χ1) is 9.03. The fourth-order valence-electron chi connectivity index (χ4n) is 3.27. The molecule has 1 atom stereocenters. The molecule has 1 aliphatic rings. The van der Waals surface area contributed by atoms with E-state index < -0.39 is 0 Å². The maximum absolute atomic E-state index is 3.55. The van der Waals surface area contributed by atoms with Crippen LogP contribution in [0.15, 0.2) is 0 Å². The van der Waals surface area contributed by atoms with Crippen molar-refractivity contribution in [2.45, 2.75) is 72.8 Å². The van der Waals surface area contributed by atoms with E-state index in [0.717, 1.165) is 18.5 Å². The third-order valence-corrected chi connectivity index (χ3v) is 5.12. The molecule has 2 heteroatoms. The fraction of sp³-hybridized carbons (Fsp3) is 1.00. The standard InChI is InChI=1S/C17H36N2/c1-6-17(7-2)10-12-19(14-17)16(5)9-8-11-18-13-15(3)4/h15-16,18H,6-14H2,1-5H3. The van der Waals surface area contributed by atoms with Crippen LogP contribution in [0.2, 0.25) is 0 Å². The van der Waals surface area contributed by atoms with Gasteiger partial charge in [0.25, 0.3) is 0 Å². The van der Waals surface area contributed by atoms with Crippen LogP contribution in [0.4, 0.5) is 0 Å². The summed E-state index contributed by atoms with van der Waals surface area (Å²) in [5.74, 6) is 0.769. The van der Waals surface area contributed by atoms with Gasteiger partial charge in [0.05, 0.1) is 0 Å². The van der Waals surface area contributed by atoms with Crippen LogP contribution in [0, 0.1) is 11.3 Å². The Kier molecular flexibility index (Phi) is 7.38. The van der Waals surface area contributed by atoms with Crippen molar-refractivity contribution < 1.29 is 0 Å². The molecule has 0 aromatic heterocycles. The Balaban J connectivity index is 2.19. The molecular weight excluding hydrogens is 232 g/mol. The van der Waals surface area contributed by atoms with Crippen molar-refractivity contribution in [1.82, 2.24) is 10.2 Å². The number of hydrogen-bond acceptors (Lipinski definition) is 2. The van der Waals surface area contributed by atoms with Gasteiger partial charge in [0, 0.05) is 12.6 Å². The Morgan fingerprint density at radius 1 is 1.16 bits per heavy atom. The first-order valence-electron chi connectivity index (χ1n) is 8.47. The van der Waals surface area contributed by atoms with Gasteiger partial charge in [-0.25, -0.2) is 0 Å². The summed E-state index contributed by atoms with van der Waals surface area (Å²) in [5.41, 5.74) is 0.629. The van der Waals surface area contributed by atoms with Gasteiger partial charge >= 0.3 is 0 Å². The zero-order chi connectivity index (χ0) is 14.3. The van der Waals surface area contributed by atoms with Gasteiger partial charge in [-0.1, -0.05) is 27.7 Å². The molecule has 1 saturated heterocycles. The van der Waals surface area contributed by atoms with Crippen molar-refractivity contribution in [2.75, 3.05) is 26.2 Å². The van der Waals surface area contributed by atoms with E-state index in [2.05, 4.69) is 44.8 Å². The lowest BCUT2D eigenvalue weighted by atomic mass is 9.82. The lowest BCUT2D eigenvalue weighted by Crippen LogP contribution is -2.34. The highest BCUT2D eigenvalue weighted by Crippen LogP contribution is 2.38. The zero-order valence-corrected chi connectivity index (χ0v) is 14.0. The van der Waals surface area contributed by atoms with Gasteiger partial charge in [0.1, 0.15) is 0 Å². The molecule has 114 valence electrons. The van der Waals surface area contributed by atoms with Crippen molar-refractivity contribution in [2.24, 2.45) is 11.3 Å². The Labute approximate surface area is 121 Å². The highest BCUT2D eigenvalue weighted by Gasteiger charge is 2.36. The molecule has 0 aromatic rings. The zero-order valence-electron chi connectivity index (χ0n) is 14.0. The third kappa shape index (κ3) is 5.43. The minimum absolute atomic E-state index is 0.629. The van der Waals surface area contributed by atoms with E-state index in [1.54, 1.807) is 0 Å². The van der Waals surface area contributed by atoms with E-state index in [4.69, 9.17) is 0 Å². The van der Waals surface area contributed by atoms with Gasteiger partial charge in [-0.15, -0.1) is 0 Å². The van der Waals surface area contributed by atoms with Crippen LogP contribution in [0.1, 0.15) is 66.7 Å². The van der Waals surface area contributed by atoms with E-state index in [0.29, 0.717) is 5.41 Å². The van der Waals surface area contributed by atoms with Crippen molar-refractivity contribution in [3.05, 3.63) is 0 Å². The van der Waals surface area contributed by atoms with Crippen LogP contribution in [0.5, 0.6) is 0 Å². The van der Waals surface area contributed by atoms with Gasteiger partial charge in [-0.2, -0.15) is 0 Å². The van der Waals surface area contributed by atoms with Crippen LogP contribution >= 0.6 is 0 Å². The second-order valence-corrected chi connectivity index (χ2v) is 7.02. The first kappa shape index (κ1) is 17.0. The van der Waals surface area contributed by atoms with E-state index in [1.807, 2.05) is 0 Å². The normalized spacial score (nSPS) is 21.2. The summed E-state index contributed by atoms with van der Waals surface area (Å²) >= 11 is 0. The molecule has 0 amide bonds. The quantitative estimate of drug-likeness (QED) is 0.638. The van der Waals surface area contributed by atoms with Crippen molar-refractivity contribution in [1.29, 1.82) is 0 Å². The van der Waals surface area contributed by atoms with Crippen LogP contribution in [0.3, 0.4) is 0 Å². The molecule has 19 heavy (non-hydrogen) atoms. The van der Waals surface area contributed by atoms with Crippen LogP contribution < -0.4 is 5.32 Å². The molecule has 1 fully saturated rings. The average molecular weight is 268 g/mol. The maximum atomic E-state index is 3.55. The number of hydrogen-bond donors (Lipinski definition) is 1. The van der Waals surface area contributed by atoms with E-state index >= 15 is 0 Å². The minimum atomic E-state index is 0.629. The minimum Gasteiger partial charge on any atom is -0.316 e. The lowest BCUT2D eigenvalue weighted by Gasteiger charge is -2.29. The topological polar surface area (TPSA) is 15.3 Å². The SMILES string of the molecule is CCC1(CC)CCN(C(C)CCCNCC(C)C)C1. The molecule has 0 bridgehead atoms. The molecule has 1 rings (SSSR count). The Morgan fingerprint density at radius 2 is 1.84 bits per heavy atom. The molecule has 0 aliphatic carbocycles. The fourth-order valence-corrected chi connectivity index (χ4v) is 3.27. The number of nitrogens with zero attached hydrogens (tertiary/aromatic N) is 1. The van der Waals surface area contributed by atoms with Crippen molar-refractivity contribution >= 4 is 0 Å². The lowest BCUT2D eigenvalue weighted by molar-refractivity contribution is 0.194. The first-order valence-corrected chi connectivity index (χ1v) is 8.47. The molecule has 0 aromatic carbocycles. The van der Waals surface area contributed by atoms with Gasteiger partial charge in [-0.3, -0.25) is 0 Å². The highest BCUT2D eigenvalue weighted by molar-refractivity contribution is 4.89. The highest BCUT2D eigenvalue weighted by atomic mass is 15.2. The summed E-state index contributed by atoms with van der Waals surface area (Å²) in [7, 11) is 0. The molecule has 2 nitrogen and oxygen atoms in total. The molecule has 0 radical (unpaired) electrons. The number of rotatable bonds is 9. The van der Waals surface area contributed by atoms with Crippen LogP contribution in [-0.4, -0.2) is 37.1 Å². The smallest absolute Gasteiger partial charge is 0.00676 e. The maximum Gasteiger partial charge on any atom is 0.00676 e. The monoisotopic (exact) mass is 268 g/mol. The molecule has 1 heterocycles. The van der Waals surface area contributed by atoms with Crippen LogP contribution in [0.25, 0.3) is 0 Å². The van der Waals surface area contributed by atoms with Gasteiger partial charge in [0.15, 0.2) is 0 Å². The predicted octanol–water partition coefficient (Wildman–Crippen LogP) is 3.91. The molecule has 0 spiro atoms. The molecular formula is C17H36N2. The predicted molar refractivity (Wildman–Crippen MR) is 85.6 cm³/mol. The Hall–Kier alpha value is -0.0800. The Bertz CT molecular complexity index is 233. The second kappa shape index (κ2) is 8.26. The van der Waals surface area contributed by atoms with Crippen molar-refractivity contribution in [3.63, 3.8) is 0 Å². The molecule has 0 saturated carbocycles. The summed E-state index contributed by atoms with van der Waals surface area (Å²) in [6.07, 6.45) is 6.77. The Morgan fingerprint density at radius 3 is 2.37 bits per heavy atom. The van der Waals surface area contributed by atoms with E-state index in [1.165, 1.54) is 51.7 Å². The molecule has 1 unspecified atom stereocenters. The third-order valence-electron chi connectivity index (χ3n) is 5.12. The summed E-state index contributed by atoms with van der Waals surface area (Å²) in [6.45, 7) is 16.7. The number of nitrogens with one attached hydrogen (secondary N) is 1. The summed E-state index contributed by atoms with van der Waals surface area (Å²) < 4.78 is 0. The summed E-state index contributed by atoms with van der Waals surface area (Å²) in [6, 6.07) is 0.765. The largest absolute Gasteiger partial charge is 0.316 e. The average Bonchev–Trinajstić information content (AvgIpc) is 2.83. The van der Waals surface area contributed by atoms with E-state index in [9.17, 15) is 0 Å². The number of likely N-dealkylation sites (tertiary alicyclic amines) is 1. The molecule has 1 aliphatic heterocycles.